The lowest BCUT2D eigenvalue weighted by atomic mass is 10.3. The molecule has 0 aliphatic heterocycles. The van der Waals surface area contributed by atoms with Gasteiger partial charge >= 0.3 is 0 Å². The molecule has 0 fully saturated rings. The highest BCUT2D eigenvalue weighted by Crippen LogP contribution is 2.34. The number of anilines is 1. The summed E-state index contributed by atoms with van der Waals surface area (Å²) in [5.41, 5.74) is 7.20. The van der Waals surface area contributed by atoms with E-state index >= 15 is 0 Å². The van der Waals surface area contributed by atoms with Gasteiger partial charge in [0, 0.05) is 19.6 Å². The molecule has 0 radical (unpaired) electrons. The van der Waals surface area contributed by atoms with E-state index in [4.69, 9.17) is 0 Å². The van der Waals surface area contributed by atoms with E-state index in [9.17, 15) is 4.79 Å². The summed E-state index contributed by atoms with van der Waals surface area (Å²) in [6.07, 6.45) is 1.73. The Morgan fingerprint density at radius 3 is 2.32 bits per heavy atom. The summed E-state index contributed by atoms with van der Waals surface area (Å²) in [7, 11) is 0. The lowest BCUT2D eigenvalue weighted by Gasteiger charge is -2.11. The molecule has 0 aliphatic carbocycles. The molecule has 0 saturated carbocycles. The van der Waals surface area contributed by atoms with Gasteiger partial charge in [0.05, 0.1) is 12.2 Å². The van der Waals surface area contributed by atoms with Crippen LogP contribution in [0.25, 0.3) is 0 Å². The standard InChI is InChI=1S/C12H14Br3N3O/c1-7(2)5-17-18-11(19)6-16-12-9(14)3-8(13)4-10(12)15/h3-5,16-17H,6H2,1-2H3,(H,18,19). The third-order valence-electron chi connectivity index (χ3n) is 2.01. The lowest BCUT2D eigenvalue weighted by Crippen LogP contribution is -2.37. The van der Waals surface area contributed by atoms with E-state index < -0.39 is 0 Å². The lowest BCUT2D eigenvalue weighted by molar-refractivity contribution is -0.120. The highest BCUT2D eigenvalue weighted by molar-refractivity contribution is 9.11. The molecule has 4 nitrogen and oxygen atoms in total. The third kappa shape index (κ3) is 5.97. The van der Waals surface area contributed by atoms with Crippen molar-refractivity contribution in [2.45, 2.75) is 13.8 Å². The van der Waals surface area contributed by atoms with Crippen LogP contribution in [-0.2, 0) is 4.79 Å². The molecule has 0 bridgehead atoms. The summed E-state index contributed by atoms with van der Waals surface area (Å²) in [4.78, 5) is 11.6. The maximum absolute atomic E-state index is 11.6. The molecule has 104 valence electrons. The fourth-order valence-corrected chi connectivity index (χ4v) is 3.72. The summed E-state index contributed by atoms with van der Waals surface area (Å²) in [6, 6.07) is 3.82. The van der Waals surface area contributed by atoms with Gasteiger partial charge in [-0.1, -0.05) is 21.5 Å². The van der Waals surface area contributed by atoms with Gasteiger partial charge in [0.15, 0.2) is 0 Å². The average Bonchev–Trinajstić information content (AvgIpc) is 2.26. The first-order valence-electron chi connectivity index (χ1n) is 5.46. The Hall–Kier alpha value is -0.530. The van der Waals surface area contributed by atoms with E-state index in [1.165, 1.54) is 0 Å². The Bertz CT molecular complexity index is 476. The molecule has 7 heteroatoms. The van der Waals surface area contributed by atoms with Crippen molar-refractivity contribution >= 4 is 59.4 Å². The van der Waals surface area contributed by atoms with Crippen molar-refractivity contribution in [1.82, 2.24) is 10.9 Å². The maximum Gasteiger partial charge on any atom is 0.257 e. The van der Waals surface area contributed by atoms with Crippen molar-refractivity contribution in [2.75, 3.05) is 11.9 Å². The summed E-state index contributed by atoms with van der Waals surface area (Å²) in [5.74, 6) is -0.154. The van der Waals surface area contributed by atoms with Gasteiger partial charge in [0.25, 0.3) is 5.91 Å². The van der Waals surface area contributed by atoms with Crippen molar-refractivity contribution in [3.8, 4) is 0 Å². The molecule has 0 aliphatic rings. The summed E-state index contributed by atoms with van der Waals surface area (Å²) in [6.45, 7) is 4.04. The summed E-state index contributed by atoms with van der Waals surface area (Å²) in [5, 5.41) is 3.06. The van der Waals surface area contributed by atoms with Crippen LogP contribution < -0.4 is 16.2 Å². The van der Waals surface area contributed by atoms with Gasteiger partial charge in [-0.05, 0) is 57.8 Å². The molecule has 1 aromatic rings. The number of hydrogen-bond donors (Lipinski definition) is 3. The van der Waals surface area contributed by atoms with Crippen LogP contribution in [0.2, 0.25) is 0 Å². The zero-order valence-corrected chi connectivity index (χ0v) is 15.2. The Balaban J connectivity index is 2.53. The highest BCUT2D eigenvalue weighted by atomic mass is 79.9. The van der Waals surface area contributed by atoms with Crippen LogP contribution in [0.3, 0.4) is 0 Å². The summed E-state index contributed by atoms with van der Waals surface area (Å²) < 4.78 is 2.70. The van der Waals surface area contributed by atoms with Crippen molar-refractivity contribution in [2.24, 2.45) is 0 Å². The van der Waals surface area contributed by atoms with Gasteiger partial charge in [0.1, 0.15) is 0 Å². The number of carbonyl (C=O) groups excluding carboxylic acids is 1. The number of hydrogen-bond acceptors (Lipinski definition) is 3. The van der Waals surface area contributed by atoms with Crippen molar-refractivity contribution < 1.29 is 4.79 Å². The van der Waals surface area contributed by atoms with E-state index in [-0.39, 0.29) is 12.5 Å². The van der Waals surface area contributed by atoms with E-state index in [1.807, 2.05) is 26.0 Å². The van der Waals surface area contributed by atoms with Gasteiger partial charge in [0.2, 0.25) is 0 Å². The SMILES string of the molecule is CC(C)=CNNC(=O)CNc1c(Br)cc(Br)cc1Br. The van der Waals surface area contributed by atoms with Crippen molar-refractivity contribution in [1.29, 1.82) is 0 Å². The molecule has 1 rings (SSSR count). The van der Waals surface area contributed by atoms with Crippen LogP contribution in [0, 0.1) is 0 Å². The molecular weight excluding hydrogens is 442 g/mol. The minimum atomic E-state index is -0.154. The largest absolute Gasteiger partial charge is 0.374 e. The number of hydrazine groups is 1. The fraction of sp³-hybridized carbons (Fsp3) is 0.250. The van der Waals surface area contributed by atoms with E-state index in [0.29, 0.717) is 0 Å². The smallest absolute Gasteiger partial charge is 0.257 e. The van der Waals surface area contributed by atoms with Crippen LogP contribution in [0.1, 0.15) is 13.8 Å². The number of benzene rings is 1. The molecule has 0 heterocycles. The molecule has 0 aromatic heterocycles. The van der Waals surface area contributed by atoms with Crippen LogP contribution in [0.5, 0.6) is 0 Å². The third-order valence-corrected chi connectivity index (χ3v) is 3.71. The second kappa shape index (κ2) is 7.91. The Labute approximate surface area is 137 Å². The molecule has 1 amide bonds. The predicted molar refractivity (Wildman–Crippen MR) is 88.7 cm³/mol. The monoisotopic (exact) mass is 453 g/mol. The van der Waals surface area contributed by atoms with Gasteiger partial charge in [-0.3, -0.25) is 10.2 Å². The average molecular weight is 456 g/mol. The molecule has 1 aromatic carbocycles. The zero-order valence-electron chi connectivity index (χ0n) is 10.5. The number of carbonyl (C=O) groups is 1. The van der Waals surface area contributed by atoms with Gasteiger partial charge in [-0.15, -0.1) is 0 Å². The highest BCUT2D eigenvalue weighted by Gasteiger charge is 2.08. The number of nitrogens with one attached hydrogen (secondary N) is 3. The first kappa shape index (κ1) is 16.5. The molecular formula is C12H14Br3N3O. The topological polar surface area (TPSA) is 53.2 Å². The zero-order chi connectivity index (χ0) is 14.4. The van der Waals surface area contributed by atoms with Gasteiger partial charge in [-0.2, -0.15) is 0 Å². The maximum atomic E-state index is 11.6. The Morgan fingerprint density at radius 2 is 1.79 bits per heavy atom. The number of halogens is 3. The van der Waals surface area contributed by atoms with Crippen LogP contribution >= 0.6 is 47.8 Å². The summed E-state index contributed by atoms with van der Waals surface area (Å²) >= 11 is 10.3. The minimum Gasteiger partial charge on any atom is -0.374 e. The van der Waals surface area contributed by atoms with Crippen molar-refractivity contribution in [3.05, 3.63) is 37.3 Å². The minimum absolute atomic E-state index is 0.154. The predicted octanol–water partition coefficient (Wildman–Crippen LogP) is 3.93. The molecule has 0 unspecified atom stereocenters. The van der Waals surface area contributed by atoms with E-state index in [1.54, 1.807) is 6.20 Å². The molecule has 0 saturated heterocycles. The normalized spacial score (nSPS) is 9.74. The first-order chi connectivity index (χ1) is 8.90. The molecule has 0 spiro atoms. The Kier molecular flexibility index (Phi) is 6.88. The van der Waals surface area contributed by atoms with E-state index in [0.717, 1.165) is 24.7 Å². The van der Waals surface area contributed by atoms with Crippen molar-refractivity contribution in [3.63, 3.8) is 0 Å². The first-order valence-corrected chi connectivity index (χ1v) is 7.84. The van der Waals surface area contributed by atoms with Crippen LogP contribution in [0.4, 0.5) is 5.69 Å². The van der Waals surface area contributed by atoms with E-state index in [2.05, 4.69) is 64.0 Å². The molecule has 3 N–H and O–H groups in total. The second-order valence-corrected chi connectivity index (χ2v) is 6.64. The fourth-order valence-electron chi connectivity index (χ4n) is 1.18. The molecule has 0 atom stereocenters. The van der Waals surface area contributed by atoms with Crippen LogP contribution in [-0.4, -0.2) is 12.5 Å². The molecule has 19 heavy (non-hydrogen) atoms. The quantitative estimate of drug-likeness (QED) is 0.590. The second-order valence-electron chi connectivity index (χ2n) is 4.01. The number of allylic oxidation sites excluding steroid dienone is 1. The van der Waals surface area contributed by atoms with Gasteiger partial charge < -0.3 is 10.7 Å². The van der Waals surface area contributed by atoms with Crippen LogP contribution in [0.15, 0.2) is 37.3 Å². The number of rotatable bonds is 5. The number of amides is 1. The van der Waals surface area contributed by atoms with Gasteiger partial charge in [-0.25, -0.2) is 0 Å². The Morgan fingerprint density at radius 1 is 1.21 bits per heavy atom.